The normalized spacial score (nSPS) is 15.2. The van der Waals surface area contributed by atoms with Crippen molar-refractivity contribution in [2.45, 2.75) is 18.2 Å². The van der Waals surface area contributed by atoms with E-state index in [1.54, 1.807) is 12.1 Å². The summed E-state index contributed by atoms with van der Waals surface area (Å²) in [7, 11) is -2.30. The van der Waals surface area contributed by atoms with Gasteiger partial charge in [0.25, 0.3) is 0 Å². The number of methoxy groups -OCH3 is 1. The van der Waals surface area contributed by atoms with Gasteiger partial charge in [0.2, 0.25) is 15.9 Å². The highest BCUT2D eigenvalue weighted by Crippen LogP contribution is 2.28. The van der Waals surface area contributed by atoms with Gasteiger partial charge in [-0.25, -0.2) is 8.42 Å². The summed E-state index contributed by atoms with van der Waals surface area (Å²) in [5, 5.41) is 2.86. The average molecular weight is 404 g/mol. The minimum absolute atomic E-state index is 0.0595. The number of nitrogens with zero attached hydrogens (tertiary/aromatic N) is 1. The average Bonchev–Trinajstić information content (AvgIpc) is 2.70. The van der Waals surface area contributed by atoms with Crippen LogP contribution in [0.4, 0.5) is 5.69 Å². The number of nitrogens with one attached hydrogen (secondary N) is 1. The fourth-order valence-corrected chi connectivity index (χ4v) is 4.67. The van der Waals surface area contributed by atoms with Crippen LogP contribution in [-0.2, 0) is 26.0 Å². The van der Waals surface area contributed by atoms with Crippen molar-refractivity contribution < 1.29 is 22.7 Å². The Balaban J connectivity index is 1.82. The molecule has 1 fully saturated rings. The van der Waals surface area contributed by atoms with Crippen LogP contribution in [0.5, 0.6) is 5.75 Å². The highest BCUT2D eigenvalue weighted by atomic mass is 32.2. The van der Waals surface area contributed by atoms with Crippen molar-refractivity contribution in [3.05, 3.63) is 53.6 Å². The van der Waals surface area contributed by atoms with E-state index in [4.69, 9.17) is 9.47 Å². The Morgan fingerprint density at radius 2 is 1.89 bits per heavy atom. The van der Waals surface area contributed by atoms with Crippen molar-refractivity contribution in [2.24, 2.45) is 0 Å². The molecule has 0 atom stereocenters. The number of anilines is 1. The Morgan fingerprint density at radius 1 is 1.18 bits per heavy atom. The fraction of sp³-hybridized carbons (Fsp3) is 0.350. The molecular formula is C20H24N2O5S. The Hall–Kier alpha value is -2.42. The van der Waals surface area contributed by atoms with Crippen LogP contribution in [0.25, 0.3) is 0 Å². The van der Waals surface area contributed by atoms with E-state index in [9.17, 15) is 13.2 Å². The molecule has 150 valence electrons. The molecule has 1 heterocycles. The third-order valence-electron chi connectivity index (χ3n) is 4.60. The number of rotatable bonds is 6. The number of carbonyl (C=O) groups is 1. The van der Waals surface area contributed by atoms with Crippen LogP contribution < -0.4 is 10.1 Å². The zero-order chi connectivity index (χ0) is 20.1. The number of morpholine rings is 1. The second-order valence-corrected chi connectivity index (χ2v) is 8.45. The Kier molecular flexibility index (Phi) is 6.33. The van der Waals surface area contributed by atoms with Gasteiger partial charge in [0.05, 0.1) is 26.7 Å². The van der Waals surface area contributed by atoms with Crippen LogP contribution in [0.15, 0.2) is 47.4 Å². The van der Waals surface area contributed by atoms with Crippen molar-refractivity contribution in [1.82, 2.24) is 4.31 Å². The van der Waals surface area contributed by atoms with E-state index < -0.39 is 10.0 Å². The van der Waals surface area contributed by atoms with Gasteiger partial charge >= 0.3 is 0 Å². The van der Waals surface area contributed by atoms with E-state index in [-0.39, 0.29) is 23.0 Å². The van der Waals surface area contributed by atoms with Gasteiger partial charge in [-0.05, 0) is 36.2 Å². The van der Waals surface area contributed by atoms with Gasteiger partial charge in [0.1, 0.15) is 10.6 Å². The van der Waals surface area contributed by atoms with Crippen molar-refractivity contribution >= 4 is 21.6 Å². The molecule has 2 aromatic rings. The minimum atomic E-state index is -3.73. The molecule has 2 aromatic carbocycles. The number of amides is 1. The first-order valence-electron chi connectivity index (χ1n) is 9.02. The standard InChI is InChI=1S/C20H24N2O5S/c1-15-5-3-4-6-17(15)21-20(23)14-16-7-8-18(26-2)19(13-16)28(24,25)22-9-11-27-12-10-22/h3-8,13H,9-12,14H2,1-2H3,(H,21,23). The monoisotopic (exact) mass is 404 g/mol. The van der Waals surface area contributed by atoms with E-state index in [1.807, 2.05) is 31.2 Å². The summed E-state index contributed by atoms with van der Waals surface area (Å²) in [5.41, 5.74) is 2.29. The predicted molar refractivity (Wildman–Crippen MR) is 106 cm³/mol. The molecule has 0 unspecified atom stereocenters. The second kappa shape index (κ2) is 8.72. The molecule has 0 radical (unpaired) electrons. The number of para-hydroxylation sites is 1. The lowest BCUT2D eigenvalue weighted by atomic mass is 10.1. The maximum absolute atomic E-state index is 13.0. The SMILES string of the molecule is COc1ccc(CC(=O)Nc2ccccc2C)cc1S(=O)(=O)N1CCOCC1. The maximum atomic E-state index is 13.0. The van der Waals surface area contributed by atoms with Crippen molar-refractivity contribution in [1.29, 1.82) is 0 Å². The molecule has 1 aliphatic heterocycles. The van der Waals surface area contributed by atoms with E-state index in [0.29, 0.717) is 31.9 Å². The third kappa shape index (κ3) is 4.52. The number of carbonyl (C=O) groups excluding carboxylic acids is 1. The molecular weight excluding hydrogens is 380 g/mol. The largest absolute Gasteiger partial charge is 0.495 e. The molecule has 1 N–H and O–H groups in total. The molecule has 28 heavy (non-hydrogen) atoms. The van der Waals surface area contributed by atoms with E-state index in [0.717, 1.165) is 11.3 Å². The minimum Gasteiger partial charge on any atom is -0.495 e. The number of hydrogen-bond acceptors (Lipinski definition) is 5. The van der Waals surface area contributed by atoms with Crippen LogP contribution in [-0.4, -0.2) is 52.0 Å². The van der Waals surface area contributed by atoms with E-state index >= 15 is 0 Å². The molecule has 1 amide bonds. The summed E-state index contributed by atoms with van der Waals surface area (Å²) in [6.45, 7) is 3.23. The highest BCUT2D eigenvalue weighted by molar-refractivity contribution is 7.89. The first kappa shape index (κ1) is 20.3. The van der Waals surface area contributed by atoms with Gasteiger partial charge in [0, 0.05) is 18.8 Å². The Bertz CT molecular complexity index is 953. The summed E-state index contributed by atoms with van der Waals surface area (Å²) in [5.74, 6) is 0.0451. The van der Waals surface area contributed by atoms with Crippen molar-refractivity contribution in [3.8, 4) is 5.75 Å². The van der Waals surface area contributed by atoms with Gasteiger partial charge in [-0.15, -0.1) is 0 Å². The molecule has 0 spiro atoms. The summed E-state index contributed by atoms with van der Waals surface area (Å²) in [4.78, 5) is 12.5. The maximum Gasteiger partial charge on any atom is 0.246 e. The lowest BCUT2D eigenvalue weighted by molar-refractivity contribution is -0.115. The molecule has 0 aliphatic carbocycles. The zero-order valence-electron chi connectivity index (χ0n) is 16.0. The predicted octanol–water partition coefficient (Wildman–Crippen LogP) is 2.21. The smallest absolute Gasteiger partial charge is 0.246 e. The van der Waals surface area contributed by atoms with Gasteiger partial charge < -0.3 is 14.8 Å². The molecule has 1 saturated heterocycles. The molecule has 7 nitrogen and oxygen atoms in total. The third-order valence-corrected chi connectivity index (χ3v) is 6.52. The first-order valence-corrected chi connectivity index (χ1v) is 10.5. The number of ether oxygens (including phenoxy) is 2. The fourth-order valence-electron chi connectivity index (χ4n) is 3.05. The van der Waals surface area contributed by atoms with Crippen LogP contribution >= 0.6 is 0 Å². The zero-order valence-corrected chi connectivity index (χ0v) is 16.8. The molecule has 3 rings (SSSR count). The van der Waals surface area contributed by atoms with E-state index in [1.165, 1.54) is 17.5 Å². The number of benzene rings is 2. The lowest BCUT2D eigenvalue weighted by Crippen LogP contribution is -2.40. The topological polar surface area (TPSA) is 84.9 Å². The quantitative estimate of drug-likeness (QED) is 0.798. The summed E-state index contributed by atoms with van der Waals surface area (Å²) in [6.07, 6.45) is 0.0595. The summed E-state index contributed by atoms with van der Waals surface area (Å²) >= 11 is 0. The van der Waals surface area contributed by atoms with Crippen LogP contribution in [0.3, 0.4) is 0 Å². The summed E-state index contributed by atoms with van der Waals surface area (Å²) < 4.78 is 37.9. The number of hydrogen-bond donors (Lipinski definition) is 1. The molecule has 1 aliphatic rings. The van der Waals surface area contributed by atoms with E-state index in [2.05, 4.69) is 5.32 Å². The highest BCUT2D eigenvalue weighted by Gasteiger charge is 2.29. The first-order chi connectivity index (χ1) is 13.4. The molecule has 0 bridgehead atoms. The van der Waals surface area contributed by atoms with Gasteiger partial charge in [-0.3, -0.25) is 4.79 Å². The van der Waals surface area contributed by atoms with Gasteiger partial charge in [0.15, 0.2) is 0 Å². The Labute approximate surface area is 165 Å². The second-order valence-electron chi connectivity index (χ2n) is 6.54. The molecule has 0 aromatic heterocycles. The van der Waals surface area contributed by atoms with Crippen LogP contribution in [0.2, 0.25) is 0 Å². The number of sulfonamides is 1. The summed E-state index contributed by atoms with van der Waals surface area (Å²) in [6, 6.07) is 12.3. The lowest BCUT2D eigenvalue weighted by Gasteiger charge is -2.26. The van der Waals surface area contributed by atoms with Gasteiger partial charge in [-0.2, -0.15) is 4.31 Å². The molecule has 8 heteroatoms. The molecule has 0 saturated carbocycles. The van der Waals surface area contributed by atoms with Crippen molar-refractivity contribution in [3.63, 3.8) is 0 Å². The van der Waals surface area contributed by atoms with Crippen molar-refractivity contribution in [2.75, 3.05) is 38.7 Å². The van der Waals surface area contributed by atoms with Gasteiger partial charge in [-0.1, -0.05) is 24.3 Å². The van der Waals surface area contributed by atoms with Crippen LogP contribution in [0, 0.1) is 6.92 Å². The number of aryl methyl sites for hydroxylation is 1. The van der Waals surface area contributed by atoms with Crippen LogP contribution in [0.1, 0.15) is 11.1 Å². The Morgan fingerprint density at radius 3 is 2.57 bits per heavy atom.